The molecule has 3 nitrogen and oxygen atoms in total. The summed E-state index contributed by atoms with van der Waals surface area (Å²) in [5.41, 5.74) is 0. The standard InChI is InChI=1S/C14H31NO2/c1-5-9-10-14(6-2)11-15(12-16-7-3)13-17-8-4/h14H,5-13H2,1-4H3. The molecule has 0 saturated carbocycles. The lowest BCUT2D eigenvalue weighted by atomic mass is 9.99. The van der Waals surface area contributed by atoms with Crippen LogP contribution in [0.15, 0.2) is 0 Å². The number of ether oxygens (including phenoxy) is 2. The molecule has 1 atom stereocenters. The zero-order valence-electron chi connectivity index (χ0n) is 12.2. The van der Waals surface area contributed by atoms with Crippen LogP contribution in [0.3, 0.4) is 0 Å². The number of nitrogens with zero attached hydrogens (tertiary/aromatic N) is 1. The van der Waals surface area contributed by atoms with E-state index in [2.05, 4.69) is 18.7 Å². The Kier molecular flexibility index (Phi) is 12.3. The van der Waals surface area contributed by atoms with Gasteiger partial charge < -0.3 is 9.47 Å². The van der Waals surface area contributed by atoms with Crippen LogP contribution in [0.2, 0.25) is 0 Å². The summed E-state index contributed by atoms with van der Waals surface area (Å²) in [6, 6.07) is 0. The van der Waals surface area contributed by atoms with E-state index in [1.807, 2.05) is 13.8 Å². The van der Waals surface area contributed by atoms with Gasteiger partial charge in [-0.25, -0.2) is 0 Å². The molecule has 0 aliphatic carbocycles. The van der Waals surface area contributed by atoms with Crippen LogP contribution in [0.5, 0.6) is 0 Å². The van der Waals surface area contributed by atoms with Crippen LogP contribution >= 0.6 is 0 Å². The van der Waals surface area contributed by atoms with E-state index >= 15 is 0 Å². The van der Waals surface area contributed by atoms with Gasteiger partial charge >= 0.3 is 0 Å². The second-order valence-electron chi connectivity index (χ2n) is 4.51. The average Bonchev–Trinajstić information content (AvgIpc) is 2.36. The van der Waals surface area contributed by atoms with Crippen LogP contribution in [0.4, 0.5) is 0 Å². The highest BCUT2D eigenvalue weighted by atomic mass is 16.5. The minimum Gasteiger partial charge on any atom is -0.366 e. The quantitative estimate of drug-likeness (QED) is 0.491. The third-order valence-corrected chi connectivity index (χ3v) is 3.02. The summed E-state index contributed by atoms with van der Waals surface area (Å²) in [7, 11) is 0. The van der Waals surface area contributed by atoms with Crippen molar-refractivity contribution in [1.29, 1.82) is 0 Å². The maximum atomic E-state index is 5.49. The highest BCUT2D eigenvalue weighted by Crippen LogP contribution is 2.14. The maximum absolute atomic E-state index is 5.49. The van der Waals surface area contributed by atoms with Gasteiger partial charge in [0.2, 0.25) is 0 Å². The van der Waals surface area contributed by atoms with E-state index < -0.39 is 0 Å². The molecule has 0 radical (unpaired) electrons. The molecule has 0 aromatic carbocycles. The predicted molar refractivity (Wildman–Crippen MR) is 73.0 cm³/mol. The Bertz CT molecular complexity index is 145. The van der Waals surface area contributed by atoms with Crippen molar-refractivity contribution in [3.05, 3.63) is 0 Å². The molecule has 0 spiro atoms. The van der Waals surface area contributed by atoms with Crippen molar-refractivity contribution in [1.82, 2.24) is 4.90 Å². The smallest absolute Gasteiger partial charge is 0.101 e. The fourth-order valence-corrected chi connectivity index (χ4v) is 1.87. The van der Waals surface area contributed by atoms with Gasteiger partial charge in [0.25, 0.3) is 0 Å². The van der Waals surface area contributed by atoms with Gasteiger partial charge in [0.05, 0.1) is 0 Å². The number of unbranched alkanes of at least 4 members (excludes halogenated alkanes) is 1. The molecule has 0 bridgehead atoms. The molecular formula is C14H31NO2. The van der Waals surface area contributed by atoms with Gasteiger partial charge in [0.1, 0.15) is 13.5 Å². The molecule has 17 heavy (non-hydrogen) atoms. The molecular weight excluding hydrogens is 214 g/mol. The Hall–Kier alpha value is -0.120. The highest BCUT2D eigenvalue weighted by molar-refractivity contribution is 4.62. The Morgan fingerprint density at radius 3 is 1.94 bits per heavy atom. The predicted octanol–water partition coefficient (Wildman–Crippen LogP) is 3.49. The molecule has 0 saturated heterocycles. The molecule has 0 N–H and O–H groups in total. The van der Waals surface area contributed by atoms with E-state index in [0.717, 1.165) is 25.7 Å². The Morgan fingerprint density at radius 2 is 1.53 bits per heavy atom. The molecule has 0 fully saturated rings. The summed E-state index contributed by atoms with van der Waals surface area (Å²) in [5.74, 6) is 0.774. The van der Waals surface area contributed by atoms with E-state index in [4.69, 9.17) is 9.47 Å². The number of rotatable bonds is 12. The molecule has 0 heterocycles. The molecule has 104 valence electrons. The lowest BCUT2D eigenvalue weighted by Crippen LogP contribution is -2.33. The summed E-state index contributed by atoms with van der Waals surface area (Å²) in [6.45, 7) is 12.6. The van der Waals surface area contributed by atoms with Gasteiger partial charge in [0, 0.05) is 19.8 Å². The molecule has 0 aromatic heterocycles. The Morgan fingerprint density at radius 1 is 0.941 bits per heavy atom. The summed E-state index contributed by atoms with van der Waals surface area (Å²) in [4.78, 5) is 2.27. The lowest BCUT2D eigenvalue weighted by Gasteiger charge is -2.26. The second-order valence-corrected chi connectivity index (χ2v) is 4.51. The van der Waals surface area contributed by atoms with Gasteiger partial charge in [0.15, 0.2) is 0 Å². The van der Waals surface area contributed by atoms with Crippen LogP contribution < -0.4 is 0 Å². The van der Waals surface area contributed by atoms with E-state index in [1.165, 1.54) is 25.7 Å². The monoisotopic (exact) mass is 245 g/mol. The van der Waals surface area contributed by atoms with Gasteiger partial charge in [-0.2, -0.15) is 0 Å². The van der Waals surface area contributed by atoms with Gasteiger partial charge in [-0.3, -0.25) is 4.90 Å². The van der Waals surface area contributed by atoms with Crippen molar-refractivity contribution < 1.29 is 9.47 Å². The van der Waals surface area contributed by atoms with Crippen molar-refractivity contribution in [3.63, 3.8) is 0 Å². The fraction of sp³-hybridized carbons (Fsp3) is 1.00. The van der Waals surface area contributed by atoms with E-state index in [1.54, 1.807) is 0 Å². The first-order chi connectivity index (χ1) is 8.28. The Balaban J connectivity index is 3.97. The van der Waals surface area contributed by atoms with Crippen LogP contribution in [-0.4, -0.2) is 38.1 Å². The second kappa shape index (κ2) is 12.3. The fourth-order valence-electron chi connectivity index (χ4n) is 1.87. The van der Waals surface area contributed by atoms with E-state index in [9.17, 15) is 0 Å². The van der Waals surface area contributed by atoms with Crippen molar-refractivity contribution in [3.8, 4) is 0 Å². The third kappa shape index (κ3) is 9.57. The zero-order valence-corrected chi connectivity index (χ0v) is 12.2. The minimum atomic E-state index is 0.694. The first-order valence-corrected chi connectivity index (χ1v) is 7.16. The molecule has 3 heteroatoms. The van der Waals surface area contributed by atoms with Crippen molar-refractivity contribution >= 4 is 0 Å². The van der Waals surface area contributed by atoms with Gasteiger partial charge in [-0.1, -0.05) is 33.1 Å². The minimum absolute atomic E-state index is 0.694. The molecule has 0 aliphatic rings. The molecule has 0 aliphatic heterocycles. The summed E-state index contributed by atoms with van der Waals surface area (Å²) in [6.07, 6.45) is 5.18. The molecule has 1 unspecified atom stereocenters. The van der Waals surface area contributed by atoms with Crippen LogP contribution in [0, 0.1) is 5.92 Å². The zero-order chi connectivity index (χ0) is 12.9. The van der Waals surface area contributed by atoms with E-state index in [0.29, 0.717) is 13.5 Å². The average molecular weight is 245 g/mol. The molecule has 0 rings (SSSR count). The summed E-state index contributed by atoms with van der Waals surface area (Å²) >= 11 is 0. The van der Waals surface area contributed by atoms with Crippen LogP contribution in [-0.2, 0) is 9.47 Å². The number of hydrogen-bond acceptors (Lipinski definition) is 3. The summed E-state index contributed by atoms with van der Waals surface area (Å²) < 4.78 is 11.0. The largest absolute Gasteiger partial charge is 0.366 e. The topological polar surface area (TPSA) is 21.7 Å². The van der Waals surface area contributed by atoms with Crippen LogP contribution in [0.25, 0.3) is 0 Å². The lowest BCUT2D eigenvalue weighted by molar-refractivity contribution is -0.0467. The van der Waals surface area contributed by atoms with Crippen LogP contribution in [0.1, 0.15) is 53.4 Å². The van der Waals surface area contributed by atoms with E-state index in [-0.39, 0.29) is 0 Å². The van der Waals surface area contributed by atoms with Crippen molar-refractivity contribution in [2.75, 3.05) is 33.2 Å². The first kappa shape index (κ1) is 16.9. The first-order valence-electron chi connectivity index (χ1n) is 7.16. The summed E-state index contributed by atoms with van der Waals surface area (Å²) in [5, 5.41) is 0. The normalized spacial score (nSPS) is 13.2. The van der Waals surface area contributed by atoms with Crippen molar-refractivity contribution in [2.45, 2.75) is 53.4 Å². The number of hydrogen-bond donors (Lipinski definition) is 0. The SMILES string of the molecule is CCCCC(CC)CN(COCC)COCC. The maximum Gasteiger partial charge on any atom is 0.101 e. The molecule has 0 amide bonds. The third-order valence-electron chi connectivity index (χ3n) is 3.02. The highest BCUT2D eigenvalue weighted by Gasteiger charge is 2.12. The molecule has 0 aromatic rings. The van der Waals surface area contributed by atoms with Gasteiger partial charge in [-0.15, -0.1) is 0 Å². The Labute approximate surface area is 107 Å². The van der Waals surface area contributed by atoms with Gasteiger partial charge in [-0.05, 0) is 26.2 Å². The van der Waals surface area contributed by atoms with Crippen molar-refractivity contribution in [2.24, 2.45) is 5.92 Å².